The zero-order valence-corrected chi connectivity index (χ0v) is 25.3. The average molecular weight is 568 g/mol. The molecule has 0 spiro atoms. The molecule has 0 saturated carbocycles. The Balaban J connectivity index is 1.02. The fraction of sp³-hybridized carbons (Fsp3) is 0.697. The van der Waals surface area contributed by atoms with Crippen molar-refractivity contribution in [3.05, 3.63) is 35.9 Å². The molecule has 41 heavy (non-hydrogen) atoms. The van der Waals surface area contributed by atoms with E-state index in [-0.39, 0.29) is 12.0 Å². The molecular weight excluding hydrogens is 518 g/mol. The third kappa shape index (κ3) is 8.25. The Hall–Kier alpha value is -2.58. The molecule has 4 aliphatic rings. The largest absolute Gasteiger partial charge is 0.493 e. The van der Waals surface area contributed by atoms with E-state index in [0.717, 1.165) is 90.1 Å². The molecular formula is C33H49N3O5. The molecule has 0 radical (unpaired) electrons. The minimum atomic E-state index is -0.461. The number of piperidine rings is 2. The summed E-state index contributed by atoms with van der Waals surface area (Å²) in [6.45, 7) is 13.3. The third-order valence-corrected chi connectivity index (χ3v) is 9.08. The van der Waals surface area contributed by atoms with E-state index in [9.17, 15) is 9.59 Å². The van der Waals surface area contributed by atoms with E-state index in [0.29, 0.717) is 37.6 Å². The molecule has 1 aromatic carbocycles. The Morgan fingerprint density at radius 3 is 2.15 bits per heavy atom. The number of ether oxygens (including phenoxy) is 3. The summed E-state index contributed by atoms with van der Waals surface area (Å²) in [7, 11) is 0. The SMILES string of the molecule is CC(C)(C)OC(=O)N1CCC(COc2ccc(C3=CCC(C(=O)N4CCC(N5CCOCC5)CC4)CC3)cc2)CC1. The Kier molecular flexibility index (Phi) is 9.91. The molecule has 1 aliphatic carbocycles. The lowest BCUT2D eigenvalue weighted by Gasteiger charge is -2.41. The zero-order valence-electron chi connectivity index (χ0n) is 25.3. The maximum absolute atomic E-state index is 13.3. The van der Waals surface area contributed by atoms with Gasteiger partial charge in [-0.15, -0.1) is 0 Å². The van der Waals surface area contributed by atoms with Gasteiger partial charge in [-0.1, -0.05) is 18.2 Å². The number of benzene rings is 1. The number of rotatable bonds is 6. The van der Waals surface area contributed by atoms with Crippen molar-refractivity contribution in [2.45, 2.75) is 77.4 Å². The van der Waals surface area contributed by atoms with Crippen molar-refractivity contribution >= 4 is 17.6 Å². The summed E-state index contributed by atoms with van der Waals surface area (Å²) in [6, 6.07) is 9.00. The molecule has 5 rings (SSSR count). The van der Waals surface area contributed by atoms with Crippen LogP contribution in [0.1, 0.15) is 71.3 Å². The number of allylic oxidation sites excluding steroid dienone is 2. The van der Waals surface area contributed by atoms with Crippen LogP contribution >= 0.6 is 0 Å². The first kappa shape index (κ1) is 29.9. The van der Waals surface area contributed by atoms with Crippen LogP contribution in [0.2, 0.25) is 0 Å². The smallest absolute Gasteiger partial charge is 0.410 e. The second-order valence-electron chi connectivity index (χ2n) is 13.2. The Labute approximate surface area is 246 Å². The molecule has 0 N–H and O–H groups in total. The van der Waals surface area contributed by atoms with E-state index >= 15 is 0 Å². The van der Waals surface area contributed by atoms with Crippen LogP contribution in [-0.2, 0) is 14.3 Å². The van der Waals surface area contributed by atoms with Crippen LogP contribution < -0.4 is 4.74 Å². The van der Waals surface area contributed by atoms with E-state index in [1.54, 1.807) is 4.90 Å². The second kappa shape index (κ2) is 13.6. The topological polar surface area (TPSA) is 71.5 Å². The molecule has 8 heteroatoms. The Bertz CT molecular complexity index is 1040. The third-order valence-electron chi connectivity index (χ3n) is 9.08. The fourth-order valence-electron chi connectivity index (χ4n) is 6.56. The van der Waals surface area contributed by atoms with Crippen molar-refractivity contribution in [1.82, 2.24) is 14.7 Å². The van der Waals surface area contributed by atoms with Gasteiger partial charge in [-0.05, 0) is 94.9 Å². The summed E-state index contributed by atoms with van der Waals surface area (Å²) >= 11 is 0. The van der Waals surface area contributed by atoms with Gasteiger partial charge < -0.3 is 24.0 Å². The van der Waals surface area contributed by atoms with Gasteiger partial charge in [0, 0.05) is 51.2 Å². The van der Waals surface area contributed by atoms with Crippen molar-refractivity contribution in [3.63, 3.8) is 0 Å². The summed E-state index contributed by atoms with van der Waals surface area (Å²) < 4.78 is 17.1. The van der Waals surface area contributed by atoms with E-state index < -0.39 is 5.60 Å². The number of carbonyl (C=O) groups is 2. The second-order valence-corrected chi connectivity index (χ2v) is 13.2. The predicted molar refractivity (Wildman–Crippen MR) is 160 cm³/mol. The highest BCUT2D eigenvalue weighted by Crippen LogP contribution is 2.33. The van der Waals surface area contributed by atoms with Gasteiger partial charge in [0.25, 0.3) is 0 Å². The van der Waals surface area contributed by atoms with Crippen LogP contribution in [0, 0.1) is 11.8 Å². The normalized spacial score (nSPS) is 23.7. The number of morpholine rings is 1. The predicted octanol–water partition coefficient (Wildman–Crippen LogP) is 5.22. The number of carbonyl (C=O) groups excluding carboxylic acids is 2. The van der Waals surface area contributed by atoms with Crippen molar-refractivity contribution in [2.75, 3.05) is 59.1 Å². The number of likely N-dealkylation sites (tertiary alicyclic amines) is 2. The van der Waals surface area contributed by atoms with Gasteiger partial charge in [-0.2, -0.15) is 0 Å². The molecule has 1 unspecified atom stereocenters. The molecule has 3 aliphatic heterocycles. The average Bonchev–Trinajstić information content (AvgIpc) is 3.00. The van der Waals surface area contributed by atoms with Crippen molar-refractivity contribution in [1.29, 1.82) is 0 Å². The zero-order chi connectivity index (χ0) is 28.8. The van der Waals surface area contributed by atoms with Gasteiger partial charge in [-0.3, -0.25) is 9.69 Å². The molecule has 8 nitrogen and oxygen atoms in total. The van der Waals surface area contributed by atoms with Gasteiger partial charge in [0.05, 0.1) is 19.8 Å². The fourth-order valence-corrected chi connectivity index (χ4v) is 6.56. The first-order valence-corrected chi connectivity index (χ1v) is 15.8. The van der Waals surface area contributed by atoms with Gasteiger partial charge >= 0.3 is 6.09 Å². The highest BCUT2D eigenvalue weighted by Gasteiger charge is 2.32. The molecule has 3 saturated heterocycles. The Morgan fingerprint density at radius 2 is 1.54 bits per heavy atom. The summed E-state index contributed by atoms with van der Waals surface area (Å²) in [6.07, 6.45) is 8.78. The first-order chi connectivity index (χ1) is 19.7. The molecule has 3 fully saturated rings. The first-order valence-electron chi connectivity index (χ1n) is 15.8. The Morgan fingerprint density at radius 1 is 0.878 bits per heavy atom. The van der Waals surface area contributed by atoms with Crippen LogP contribution in [0.4, 0.5) is 4.79 Å². The number of hydrogen-bond acceptors (Lipinski definition) is 6. The number of nitrogens with zero attached hydrogens (tertiary/aromatic N) is 3. The van der Waals surface area contributed by atoms with Crippen LogP contribution in [0.3, 0.4) is 0 Å². The minimum Gasteiger partial charge on any atom is -0.493 e. The van der Waals surface area contributed by atoms with E-state index in [1.807, 2.05) is 20.8 Å². The standard InChI is InChI=1S/C33H49N3O5/c1-33(2,3)41-32(38)36-16-12-25(13-17-36)24-40-30-10-8-27(9-11-30)26-4-6-28(7-5-26)31(37)35-18-14-29(15-19-35)34-20-22-39-23-21-34/h4,8-11,25,28-29H,5-7,12-24H2,1-3H3. The van der Waals surface area contributed by atoms with Gasteiger partial charge in [-0.25, -0.2) is 4.79 Å². The van der Waals surface area contributed by atoms with E-state index in [1.165, 1.54) is 11.1 Å². The maximum Gasteiger partial charge on any atom is 0.410 e. The van der Waals surface area contributed by atoms with Gasteiger partial charge in [0.1, 0.15) is 11.4 Å². The molecule has 226 valence electrons. The maximum atomic E-state index is 13.3. The number of hydrogen-bond donors (Lipinski definition) is 0. The van der Waals surface area contributed by atoms with Crippen LogP contribution in [0.5, 0.6) is 5.75 Å². The molecule has 3 heterocycles. The lowest BCUT2D eigenvalue weighted by atomic mass is 9.85. The summed E-state index contributed by atoms with van der Waals surface area (Å²) in [5.41, 5.74) is 2.10. The molecule has 0 aromatic heterocycles. The van der Waals surface area contributed by atoms with Crippen LogP contribution in [0.25, 0.3) is 5.57 Å². The lowest BCUT2D eigenvalue weighted by molar-refractivity contribution is -0.137. The minimum absolute atomic E-state index is 0.114. The van der Waals surface area contributed by atoms with Crippen LogP contribution in [-0.4, -0.2) is 97.4 Å². The molecule has 0 bridgehead atoms. The summed E-state index contributed by atoms with van der Waals surface area (Å²) in [5.74, 6) is 1.78. The van der Waals surface area contributed by atoms with Gasteiger partial charge in [0.15, 0.2) is 0 Å². The summed E-state index contributed by atoms with van der Waals surface area (Å²) in [4.78, 5) is 32.0. The summed E-state index contributed by atoms with van der Waals surface area (Å²) in [5, 5.41) is 0. The van der Waals surface area contributed by atoms with Crippen molar-refractivity contribution in [3.8, 4) is 5.75 Å². The van der Waals surface area contributed by atoms with E-state index in [2.05, 4.69) is 40.1 Å². The van der Waals surface area contributed by atoms with Crippen molar-refractivity contribution in [2.24, 2.45) is 11.8 Å². The highest BCUT2D eigenvalue weighted by molar-refractivity contribution is 5.81. The highest BCUT2D eigenvalue weighted by atomic mass is 16.6. The molecule has 1 atom stereocenters. The number of amides is 2. The molecule has 1 aromatic rings. The molecule has 2 amide bonds. The van der Waals surface area contributed by atoms with E-state index in [4.69, 9.17) is 14.2 Å². The monoisotopic (exact) mass is 567 g/mol. The van der Waals surface area contributed by atoms with Crippen LogP contribution in [0.15, 0.2) is 30.3 Å². The quantitative estimate of drug-likeness (QED) is 0.470. The van der Waals surface area contributed by atoms with Crippen molar-refractivity contribution < 1.29 is 23.8 Å². The van der Waals surface area contributed by atoms with Gasteiger partial charge in [0.2, 0.25) is 5.91 Å². The lowest BCUT2D eigenvalue weighted by Crippen LogP contribution is -2.51.